The number of fused-ring (bicyclic) bond motifs is 2. The summed E-state index contributed by atoms with van der Waals surface area (Å²) in [7, 11) is -2.04. The van der Waals surface area contributed by atoms with Gasteiger partial charge in [0.1, 0.15) is 0 Å². The SMILES string of the molecule is C[Si](C)(C)CCSc1ccc(-c2ccc(-c3cc4c(-c5ccc(-c6ccc(SCC[Si](C)(C)C)cc6)cc5)cc3/C=C\c3cc(Cl)cc(n3)/C=C\4)cc2)cc1. The summed E-state index contributed by atoms with van der Waals surface area (Å²) >= 11 is 10.5. The van der Waals surface area contributed by atoms with Crippen LogP contribution in [0.1, 0.15) is 22.5 Å². The fourth-order valence-corrected chi connectivity index (χ4v) is 13.7. The lowest BCUT2D eigenvalue weighted by atomic mass is 9.89. The van der Waals surface area contributed by atoms with E-state index in [1.165, 1.54) is 77.9 Å². The van der Waals surface area contributed by atoms with E-state index in [1.807, 2.05) is 35.7 Å². The van der Waals surface area contributed by atoms with Gasteiger partial charge in [0.05, 0.1) is 11.4 Å². The maximum atomic E-state index is 6.54. The molecule has 0 saturated heterocycles. The first kappa shape index (κ1) is 39.4. The second-order valence-corrected chi connectivity index (χ2v) is 30.9. The third kappa shape index (κ3) is 10.7. The molecule has 0 fully saturated rings. The molecule has 2 aliphatic heterocycles. The monoisotopic (exact) mass is 807 g/mol. The van der Waals surface area contributed by atoms with Crippen LogP contribution >= 0.6 is 35.1 Å². The van der Waals surface area contributed by atoms with Gasteiger partial charge in [-0.3, -0.25) is 0 Å². The van der Waals surface area contributed by atoms with Crippen molar-refractivity contribution in [3.8, 4) is 44.5 Å². The Hall–Kier alpha value is -3.85. The predicted octanol–water partition coefficient (Wildman–Crippen LogP) is 15.9. The highest BCUT2D eigenvalue weighted by atomic mass is 35.5. The highest BCUT2D eigenvalue weighted by molar-refractivity contribution is 7.99. The quantitative estimate of drug-likeness (QED) is 0.0901. The molecule has 0 saturated carbocycles. The number of pyridine rings is 1. The normalized spacial score (nSPS) is 13.7. The summed E-state index contributed by atoms with van der Waals surface area (Å²) in [5, 5.41) is 0.680. The molecular formula is C49H50ClNS2Si2. The third-order valence-electron chi connectivity index (χ3n) is 9.93. The van der Waals surface area contributed by atoms with Gasteiger partial charge >= 0.3 is 0 Å². The fourth-order valence-electron chi connectivity index (χ4n) is 6.59. The van der Waals surface area contributed by atoms with E-state index in [9.17, 15) is 0 Å². The van der Waals surface area contributed by atoms with Gasteiger partial charge in [0.2, 0.25) is 0 Å². The molecule has 278 valence electrons. The first-order chi connectivity index (χ1) is 26.3. The Bertz CT molecular complexity index is 2150. The van der Waals surface area contributed by atoms with Crippen LogP contribution in [0.2, 0.25) is 56.4 Å². The van der Waals surface area contributed by atoms with Crippen molar-refractivity contribution in [2.24, 2.45) is 0 Å². The number of aromatic nitrogens is 1. The molecule has 0 atom stereocenters. The number of thioether (sulfide) groups is 2. The molecule has 55 heavy (non-hydrogen) atoms. The van der Waals surface area contributed by atoms with Crippen molar-refractivity contribution in [3.05, 3.63) is 149 Å². The Balaban J connectivity index is 1.17. The molecule has 6 heteroatoms. The molecule has 0 radical (unpaired) electrons. The topological polar surface area (TPSA) is 12.9 Å². The van der Waals surface area contributed by atoms with Crippen molar-refractivity contribution in [3.63, 3.8) is 0 Å². The van der Waals surface area contributed by atoms with E-state index in [1.54, 1.807) is 0 Å². The molecule has 5 aromatic carbocycles. The molecular weight excluding hydrogens is 758 g/mol. The van der Waals surface area contributed by atoms with Crippen molar-refractivity contribution in [1.82, 2.24) is 4.98 Å². The molecule has 4 bridgehead atoms. The minimum absolute atomic E-state index is 0.680. The van der Waals surface area contributed by atoms with Crippen molar-refractivity contribution in [2.75, 3.05) is 11.5 Å². The molecule has 2 aliphatic rings. The highest BCUT2D eigenvalue weighted by Crippen LogP contribution is 2.37. The first-order valence-electron chi connectivity index (χ1n) is 19.2. The maximum absolute atomic E-state index is 6.54. The summed E-state index contributed by atoms with van der Waals surface area (Å²) in [5.41, 5.74) is 13.6. The number of halogens is 1. The van der Waals surface area contributed by atoms with E-state index in [0.717, 1.165) is 22.5 Å². The van der Waals surface area contributed by atoms with E-state index in [-0.39, 0.29) is 0 Å². The average Bonchev–Trinajstić information content (AvgIpc) is 3.19. The predicted molar refractivity (Wildman–Crippen MR) is 253 cm³/mol. The Morgan fingerprint density at radius 3 is 1.11 bits per heavy atom. The standard InChI is InChI=1S/C49H50ClNS2Si2/c1-54(2,3)29-27-52-46-23-17-37(18-24-46)35-7-11-39(12-8-35)48-31-42-16-22-45-34-43(50)33-44(51-45)21-15-41(48)32-49(42)40-13-9-36(10-14-40)38-19-25-47(26-20-38)53-28-30-55(4,5)6/h7-26,31-34H,27-30H2,1-6H3/b21-15-,22-16-. The number of hydrogen-bond donors (Lipinski definition) is 0. The maximum Gasteiger partial charge on any atom is 0.0651 e. The van der Waals surface area contributed by atoms with Crippen molar-refractivity contribution in [2.45, 2.75) is 61.2 Å². The second-order valence-electron chi connectivity index (χ2n) is 16.9. The van der Waals surface area contributed by atoms with E-state index < -0.39 is 16.1 Å². The van der Waals surface area contributed by atoms with E-state index in [4.69, 9.17) is 16.6 Å². The van der Waals surface area contributed by atoms with Crippen molar-refractivity contribution >= 4 is 75.6 Å². The Morgan fingerprint density at radius 1 is 0.436 bits per heavy atom. The van der Waals surface area contributed by atoms with E-state index >= 15 is 0 Å². The zero-order valence-corrected chi connectivity index (χ0v) is 37.2. The van der Waals surface area contributed by atoms with E-state index in [2.05, 4.69) is 173 Å². The van der Waals surface area contributed by atoms with Gasteiger partial charge in [-0.1, -0.05) is 136 Å². The van der Waals surface area contributed by atoms with E-state index in [0.29, 0.717) is 5.02 Å². The minimum atomic E-state index is -1.02. The lowest BCUT2D eigenvalue weighted by molar-refractivity contribution is 1.27. The molecule has 0 spiro atoms. The molecule has 0 unspecified atom stereocenters. The van der Waals surface area contributed by atoms with Crippen LogP contribution in [0.15, 0.2) is 131 Å². The molecule has 1 aromatic heterocycles. The Kier molecular flexibility index (Phi) is 12.3. The van der Waals surface area contributed by atoms with Crippen LogP contribution in [-0.4, -0.2) is 32.6 Å². The van der Waals surface area contributed by atoms with Gasteiger partial charge in [0.25, 0.3) is 0 Å². The highest BCUT2D eigenvalue weighted by Gasteiger charge is 2.15. The van der Waals surface area contributed by atoms with Crippen LogP contribution in [-0.2, 0) is 0 Å². The molecule has 6 aromatic rings. The van der Waals surface area contributed by atoms with Crippen LogP contribution in [0.4, 0.5) is 0 Å². The van der Waals surface area contributed by atoms with Crippen LogP contribution in [0.25, 0.3) is 68.8 Å². The van der Waals surface area contributed by atoms with Crippen LogP contribution in [0, 0.1) is 0 Å². The number of benzene rings is 5. The fraction of sp³-hybridized carbons (Fsp3) is 0.204. The summed E-state index contributed by atoms with van der Waals surface area (Å²) < 4.78 is 0. The molecule has 3 heterocycles. The van der Waals surface area contributed by atoms with Gasteiger partial charge in [-0.25, -0.2) is 4.98 Å². The van der Waals surface area contributed by atoms with Gasteiger partial charge in [0, 0.05) is 31.0 Å². The summed E-state index contributed by atoms with van der Waals surface area (Å²) in [4.78, 5) is 7.55. The first-order valence-corrected chi connectivity index (χ1v) is 29.0. The zero-order valence-electron chi connectivity index (χ0n) is 32.8. The van der Waals surface area contributed by atoms with Gasteiger partial charge in [-0.2, -0.15) is 0 Å². The largest absolute Gasteiger partial charge is 0.249 e. The summed E-state index contributed by atoms with van der Waals surface area (Å²) in [6, 6.07) is 47.3. The number of hydrogen-bond acceptors (Lipinski definition) is 3. The molecule has 8 rings (SSSR count). The van der Waals surface area contributed by atoms with Crippen molar-refractivity contribution in [1.29, 1.82) is 0 Å². The lowest BCUT2D eigenvalue weighted by Gasteiger charge is -2.15. The Morgan fingerprint density at radius 2 is 0.764 bits per heavy atom. The van der Waals surface area contributed by atoms with Crippen LogP contribution < -0.4 is 0 Å². The summed E-state index contributed by atoms with van der Waals surface area (Å²) in [6.45, 7) is 14.7. The van der Waals surface area contributed by atoms with Crippen molar-refractivity contribution < 1.29 is 0 Å². The number of nitrogens with zero attached hydrogens (tertiary/aromatic N) is 1. The molecule has 1 nitrogen and oxygen atoms in total. The summed E-state index contributed by atoms with van der Waals surface area (Å²) in [5.74, 6) is 2.39. The average molecular weight is 809 g/mol. The van der Waals surface area contributed by atoms with Gasteiger partial charge < -0.3 is 0 Å². The molecule has 0 amide bonds. The van der Waals surface area contributed by atoms with Gasteiger partial charge in [0.15, 0.2) is 0 Å². The Labute approximate surface area is 344 Å². The van der Waals surface area contributed by atoms with Crippen LogP contribution in [0.5, 0.6) is 0 Å². The second kappa shape index (κ2) is 17.1. The summed E-state index contributed by atoms with van der Waals surface area (Å²) in [6.07, 6.45) is 8.51. The lowest BCUT2D eigenvalue weighted by Crippen LogP contribution is -2.19. The van der Waals surface area contributed by atoms with Gasteiger partial charge in [-0.05, 0) is 140 Å². The van der Waals surface area contributed by atoms with Gasteiger partial charge in [-0.15, -0.1) is 23.5 Å². The third-order valence-corrected chi connectivity index (χ3v) is 16.4. The number of rotatable bonds is 12. The van der Waals surface area contributed by atoms with Crippen LogP contribution in [0.3, 0.4) is 0 Å². The molecule has 0 aliphatic carbocycles. The zero-order chi connectivity index (χ0) is 38.6. The smallest absolute Gasteiger partial charge is 0.0651 e. The molecule has 0 N–H and O–H groups in total. The minimum Gasteiger partial charge on any atom is -0.249 e.